The Morgan fingerprint density at radius 3 is 2.52 bits per heavy atom. The van der Waals surface area contributed by atoms with E-state index in [9.17, 15) is 14.7 Å². The van der Waals surface area contributed by atoms with Crippen molar-refractivity contribution in [1.29, 1.82) is 0 Å². The summed E-state index contributed by atoms with van der Waals surface area (Å²) in [5.74, 6) is -1.03. The van der Waals surface area contributed by atoms with Gasteiger partial charge in [-0.05, 0) is 38.0 Å². The van der Waals surface area contributed by atoms with Crippen molar-refractivity contribution in [1.82, 2.24) is 19.7 Å². The van der Waals surface area contributed by atoms with Crippen molar-refractivity contribution in [3.8, 4) is 0 Å². The molecule has 9 heteroatoms. The maximum absolute atomic E-state index is 12.5. The minimum Gasteiger partial charge on any atom is -0.480 e. The number of aliphatic carboxylic acids is 1. The van der Waals surface area contributed by atoms with Gasteiger partial charge in [-0.1, -0.05) is 47.7 Å². The van der Waals surface area contributed by atoms with Crippen molar-refractivity contribution in [2.24, 2.45) is 0 Å². The third-order valence-corrected chi connectivity index (χ3v) is 5.76. The summed E-state index contributed by atoms with van der Waals surface area (Å²) < 4.78 is 1.60. The molecule has 2 heterocycles. The number of nitrogens with zero attached hydrogens (tertiary/aromatic N) is 4. The van der Waals surface area contributed by atoms with Crippen molar-refractivity contribution in [3.63, 3.8) is 0 Å². The van der Waals surface area contributed by atoms with Crippen LogP contribution in [-0.2, 0) is 16.1 Å². The van der Waals surface area contributed by atoms with Gasteiger partial charge in [-0.15, -0.1) is 10.2 Å². The molecule has 1 amide bonds. The Kier molecular flexibility index (Phi) is 5.60. The summed E-state index contributed by atoms with van der Waals surface area (Å²) in [6.07, 6.45) is 0. The molecule has 0 spiro atoms. The zero-order chi connectivity index (χ0) is 22.1. The average Bonchev–Trinajstić information content (AvgIpc) is 3.02. The molecule has 2 aromatic carbocycles. The number of para-hydroxylation sites is 1. The first-order valence-electron chi connectivity index (χ1n) is 9.67. The molecule has 2 aromatic heterocycles. The number of amides is 1. The standard InChI is InChI=1S/C22H21N5O3S/c1-12-8-13(2)19(14(3)9-12)23-17(28)11-31-22-24-21-20(25-26-22)15-6-4-5-7-16(15)27(21)10-18(29)30/h4-9H,10-11H2,1-3H3,(H,23,28)(H,29,30). The SMILES string of the molecule is Cc1cc(C)c(NC(=O)CSc2nnc3c4ccccc4n(CC(=O)O)c3n2)c(C)c1. The number of carboxylic acids is 1. The van der Waals surface area contributed by atoms with E-state index in [-0.39, 0.29) is 18.2 Å². The summed E-state index contributed by atoms with van der Waals surface area (Å²) in [4.78, 5) is 28.4. The third-order valence-electron chi connectivity index (χ3n) is 4.92. The molecule has 0 saturated heterocycles. The summed E-state index contributed by atoms with van der Waals surface area (Å²) in [6.45, 7) is 5.71. The number of hydrogen-bond donors (Lipinski definition) is 2. The smallest absolute Gasteiger partial charge is 0.323 e. The van der Waals surface area contributed by atoms with E-state index in [0.29, 0.717) is 16.3 Å². The van der Waals surface area contributed by atoms with E-state index in [0.717, 1.165) is 45.0 Å². The number of anilines is 1. The molecule has 158 valence electrons. The molecule has 0 saturated carbocycles. The van der Waals surface area contributed by atoms with Gasteiger partial charge in [0.15, 0.2) is 5.65 Å². The Hall–Kier alpha value is -3.46. The fourth-order valence-electron chi connectivity index (χ4n) is 3.73. The highest BCUT2D eigenvalue weighted by Gasteiger charge is 2.17. The first kappa shape index (κ1) is 20.8. The van der Waals surface area contributed by atoms with E-state index in [1.165, 1.54) is 0 Å². The van der Waals surface area contributed by atoms with Crippen molar-refractivity contribution in [2.45, 2.75) is 32.5 Å². The Balaban J connectivity index is 1.57. The lowest BCUT2D eigenvalue weighted by atomic mass is 10.1. The zero-order valence-electron chi connectivity index (χ0n) is 17.3. The van der Waals surface area contributed by atoms with Crippen LogP contribution >= 0.6 is 11.8 Å². The van der Waals surface area contributed by atoms with E-state index in [1.807, 2.05) is 57.2 Å². The lowest BCUT2D eigenvalue weighted by molar-refractivity contribution is -0.137. The number of aromatic nitrogens is 4. The number of nitrogens with one attached hydrogen (secondary N) is 1. The molecule has 8 nitrogen and oxygen atoms in total. The van der Waals surface area contributed by atoms with Gasteiger partial charge in [0.25, 0.3) is 0 Å². The molecule has 0 fully saturated rings. The molecule has 0 aliphatic rings. The number of thioether (sulfide) groups is 1. The molecular formula is C22H21N5O3S. The molecule has 31 heavy (non-hydrogen) atoms. The molecule has 0 radical (unpaired) electrons. The van der Waals surface area contributed by atoms with Crippen LogP contribution < -0.4 is 5.32 Å². The Bertz CT molecular complexity index is 1310. The van der Waals surface area contributed by atoms with E-state index >= 15 is 0 Å². The fraction of sp³-hybridized carbons (Fsp3) is 0.227. The van der Waals surface area contributed by atoms with Crippen molar-refractivity contribution >= 4 is 51.4 Å². The number of benzene rings is 2. The Morgan fingerprint density at radius 1 is 1.10 bits per heavy atom. The molecule has 0 unspecified atom stereocenters. The molecule has 4 aromatic rings. The van der Waals surface area contributed by atoms with Gasteiger partial charge in [0.1, 0.15) is 12.1 Å². The average molecular weight is 436 g/mol. The minimum atomic E-state index is -0.973. The van der Waals surface area contributed by atoms with Crippen molar-refractivity contribution in [3.05, 3.63) is 53.1 Å². The lowest BCUT2D eigenvalue weighted by Gasteiger charge is -2.12. The largest absolute Gasteiger partial charge is 0.480 e. The second-order valence-electron chi connectivity index (χ2n) is 7.37. The van der Waals surface area contributed by atoms with Crippen LogP contribution in [-0.4, -0.2) is 42.5 Å². The number of carboxylic acid groups (broad SMARTS) is 1. The van der Waals surface area contributed by atoms with Crippen LogP contribution in [0.25, 0.3) is 22.1 Å². The summed E-state index contributed by atoms with van der Waals surface area (Å²) in [5.41, 5.74) is 5.68. The predicted molar refractivity (Wildman–Crippen MR) is 120 cm³/mol. The van der Waals surface area contributed by atoms with Gasteiger partial charge in [-0.25, -0.2) is 4.98 Å². The number of carbonyl (C=O) groups is 2. The van der Waals surface area contributed by atoms with E-state index in [1.54, 1.807) is 4.57 Å². The summed E-state index contributed by atoms with van der Waals surface area (Å²) in [5, 5.41) is 21.8. The van der Waals surface area contributed by atoms with Gasteiger partial charge < -0.3 is 15.0 Å². The highest BCUT2D eigenvalue weighted by molar-refractivity contribution is 7.99. The molecule has 0 atom stereocenters. The molecule has 2 N–H and O–H groups in total. The van der Waals surface area contributed by atoms with Crippen LogP contribution in [0.2, 0.25) is 0 Å². The Labute approximate surface area is 182 Å². The maximum Gasteiger partial charge on any atom is 0.323 e. The molecule has 0 aliphatic carbocycles. The summed E-state index contributed by atoms with van der Waals surface area (Å²) >= 11 is 1.16. The van der Waals surface area contributed by atoms with Crippen LogP contribution in [0.4, 0.5) is 5.69 Å². The monoisotopic (exact) mass is 435 g/mol. The van der Waals surface area contributed by atoms with Gasteiger partial charge >= 0.3 is 5.97 Å². The first-order chi connectivity index (χ1) is 14.8. The van der Waals surface area contributed by atoms with Crippen LogP contribution in [0.1, 0.15) is 16.7 Å². The minimum absolute atomic E-state index is 0.110. The highest BCUT2D eigenvalue weighted by Crippen LogP contribution is 2.27. The van der Waals surface area contributed by atoms with Crippen LogP contribution in [0.3, 0.4) is 0 Å². The van der Waals surface area contributed by atoms with Crippen LogP contribution in [0, 0.1) is 20.8 Å². The van der Waals surface area contributed by atoms with E-state index in [2.05, 4.69) is 20.5 Å². The highest BCUT2D eigenvalue weighted by atomic mass is 32.2. The van der Waals surface area contributed by atoms with Crippen molar-refractivity contribution < 1.29 is 14.7 Å². The van der Waals surface area contributed by atoms with Gasteiger partial charge in [0, 0.05) is 11.1 Å². The fourth-order valence-corrected chi connectivity index (χ4v) is 4.31. The van der Waals surface area contributed by atoms with Gasteiger partial charge in [-0.2, -0.15) is 0 Å². The van der Waals surface area contributed by atoms with E-state index < -0.39 is 5.97 Å². The maximum atomic E-state index is 12.5. The molecular weight excluding hydrogens is 414 g/mol. The van der Waals surface area contributed by atoms with Crippen LogP contribution in [0.15, 0.2) is 41.6 Å². The topological polar surface area (TPSA) is 110 Å². The summed E-state index contributed by atoms with van der Waals surface area (Å²) in [7, 11) is 0. The van der Waals surface area contributed by atoms with Crippen LogP contribution in [0.5, 0.6) is 0 Å². The quantitative estimate of drug-likeness (QED) is 0.444. The predicted octanol–water partition coefficient (Wildman–Crippen LogP) is 3.72. The number of carbonyl (C=O) groups excluding carboxylic acids is 1. The van der Waals surface area contributed by atoms with Gasteiger partial charge in [0.05, 0.1) is 11.3 Å². The number of fused-ring (bicyclic) bond motifs is 3. The normalized spacial score (nSPS) is 11.2. The second-order valence-corrected chi connectivity index (χ2v) is 8.32. The molecule has 0 aliphatic heterocycles. The van der Waals surface area contributed by atoms with Gasteiger partial charge in [-0.3, -0.25) is 9.59 Å². The first-order valence-corrected chi connectivity index (χ1v) is 10.7. The lowest BCUT2D eigenvalue weighted by Crippen LogP contribution is -2.16. The second kappa shape index (κ2) is 8.35. The number of hydrogen-bond acceptors (Lipinski definition) is 6. The van der Waals surface area contributed by atoms with E-state index in [4.69, 9.17) is 0 Å². The van der Waals surface area contributed by atoms with Crippen molar-refractivity contribution in [2.75, 3.05) is 11.1 Å². The summed E-state index contributed by atoms with van der Waals surface area (Å²) in [6, 6.07) is 11.4. The molecule has 4 rings (SSSR count). The Morgan fingerprint density at radius 2 is 1.81 bits per heavy atom. The third kappa shape index (κ3) is 4.22. The number of aryl methyl sites for hydroxylation is 3. The molecule has 0 bridgehead atoms. The van der Waals surface area contributed by atoms with Gasteiger partial charge in [0.2, 0.25) is 11.1 Å². The number of rotatable bonds is 6. The zero-order valence-corrected chi connectivity index (χ0v) is 18.2.